The van der Waals surface area contributed by atoms with Gasteiger partial charge in [-0.3, -0.25) is 13.9 Å². The summed E-state index contributed by atoms with van der Waals surface area (Å²) in [7, 11) is -2.51. The molecule has 2 amide bonds. The van der Waals surface area contributed by atoms with E-state index in [2.05, 4.69) is 5.32 Å². The summed E-state index contributed by atoms with van der Waals surface area (Å²) in [5, 5.41) is 2.81. The van der Waals surface area contributed by atoms with Gasteiger partial charge in [0, 0.05) is 29.2 Å². The third-order valence-electron chi connectivity index (χ3n) is 4.53. The van der Waals surface area contributed by atoms with Crippen LogP contribution < -0.4 is 9.62 Å². The van der Waals surface area contributed by atoms with E-state index in [0.29, 0.717) is 0 Å². The molecule has 11 heteroatoms. The van der Waals surface area contributed by atoms with Gasteiger partial charge in [-0.05, 0) is 31.2 Å². The number of carbonyl (C=O) groups excluding carboxylic acids is 2. The highest BCUT2D eigenvalue weighted by Gasteiger charge is 2.30. The lowest BCUT2D eigenvalue weighted by Gasteiger charge is -2.31. The Morgan fingerprint density at radius 1 is 1.13 bits per heavy atom. The molecule has 1 N–H and O–H groups in total. The van der Waals surface area contributed by atoms with Crippen molar-refractivity contribution in [3.05, 3.63) is 63.9 Å². The summed E-state index contributed by atoms with van der Waals surface area (Å²) in [6.45, 7) is 0.609. The number of amides is 2. The van der Waals surface area contributed by atoms with E-state index in [4.69, 9.17) is 23.2 Å². The predicted octanol–water partition coefficient (Wildman–Crippen LogP) is 3.06. The predicted molar refractivity (Wildman–Crippen MR) is 119 cm³/mol. The Bertz CT molecular complexity index is 1060. The molecule has 0 aliphatic carbocycles. The Hall–Kier alpha value is -2.36. The number of hydrogen-bond acceptors (Lipinski definition) is 4. The average Bonchev–Trinajstić information content (AvgIpc) is 2.68. The lowest BCUT2D eigenvalue weighted by molar-refractivity contribution is -0.139. The number of halogens is 3. The van der Waals surface area contributed by atoms with E-state index >= 15 is 0 Å². The molecular formula is C20H22Cl2FN3O4S. The SMILES string of the molecule is CNC(=O)[C@H](C)N(Cc1ccccc1F)C(=O)CN(c1cc(Cl)cc(Cl)c1)S(C)(=O)=O. The molecule has 2 rings (SSSR count). The van der Waals surface area contributed by atoms with Gasteiger partial charge in [-0.25, -0.2) is 12.8 Å². The Morgan fingerprint density at radius 3 is 2.23 bits per heavy atom. The highest BCUT2D eigenvalue weighted by Crippen LogP contribution is 2.27. The maximum atomic E-state index is 14.2. The molecule has 0 saturated carbocycles. The molecule has 168 valence electrons. The quantitative estimate of drug-likeness (QED) is 0.617. The molecule has 2 aromatic rings. The van der Waals surface area contributed by atoms with Crippen LogP contribution in [-0.4, -0.2) is 51.0 Å². The van der Waals surface area contributed by atoms with E-state index in [-0.39, 0.29) is 27.8 Å². The van der Waals surface area contributed by atoms with E-state index in [1.165, 1.54) is 50.4 Å². The van der Waals surface area contributed by atoms with Crippen molar-refractivity contribution < 1.29 is 22.4 Å². The smallest absolute Gasteiger partial charge is 0.244 e. The molecule has 7 nitrogen and oxygen atoms in total. The standard InChI is InChI=1S/C20H22Cl2FN3O4S/c1-13(20(28)24-2)25(11-14-6-4-5-7-18(14)23)19(27)12-26(31(3,29)30)17-9-15(21)8-16(22)10-17/h4-10,13H,11-12H2,1-3H3,(H,24,28)/t13-/m0/s1. The minimum Gasteiger partial charge on any atom is -0.357 e. The molecule has 2 aromatic carbocycles. The van der Waals surface area contributed by atoms with Crippen LogP contribution in [0.5, 0.6) is 0 Å². The molecule has 0 heterocycles. The number of benzene rings is 2. The van der Waals surface area contributed by atoms with Gasteiger partial charge in [-0.15, -0.1) is 0 Å². The number of nitrogens with one attached hydrogen (secondary N) is 1. The maximum Gasteiger partial charge on any atom is 0.244 e. The van der Waals surface area contributed by atoms with Crippen molar-refractivity contribution in [2.24, 2.45) is 0 Å². The highest BCUT2D eigenvalue weighted by atomic mass is 35.5. The second-order valence-corrected chi connectivity index (χ2v) is 9.58. The van der Waals surface area contributed by atoms with Crippen molar-refractivity contribution in [1.29, 1.82) is 0 Å². The van der Waals surface area contributed by atoms with Crippen LogP contribution in [-0.2, 0) is 26.2 Å². The summed E-state index contributed by atoms with van der Waals surface area (Å²) in [5.74, 6) is -1.74. The number of rotatable bonds is 8. The Morgan fingerprint density at radius 2 is 1.71 bits per heavy atom. The topological polar surface area (TPSA) is 86.8 Å². The lowest BCUT2D eigenvalue weighted by Crippen LogP contribution is -2.50. The van der Waals surface area contributed by atoms with Gasteiger partial charge in [0.15, 0.2) is 0 Å². The van der Waals surface area contributed by atoms with Crippen molar-refractivity contribution in [2.45, 2.75) is 19.5 Å². The second kappa shape index (κ2) is 10.3. The molecule has 0 saturated heterocycles. The minimum atomic E-state index is -3.92. The molecule has 1 atom stereocenters. The molecule has 0 unspecified atom stereocenters. The summed E-state index contributed by atoms with van der Waals surface area (Å²) in [4.78, 5) is 26.5. The van der Waals surface area contributed by atoms with Crippen molar-refractivity contribution in [3.8, 4) is 0 Å². The van der Waals surface area contributed by atoms with Crippen molar-refractivity contribution >= 4 is 50.7 Å². The van der Waals surface area contributed by atoms with Gasteiger partial charge in [0.2, 0.25) is 21.8 Å². The van der Waals surface area contributed by atoms with Crippen LogP contribution in [0, 0.1) is 5.82 Å². The first kappa shape index (κ1) is 24.9. The van der Waals surface area contributed by atoms with Crippen LogP contribution in [0.25, 0.3) is 0 Å². The van der Waals surface area contributed by atoms with Gasteiger partial charge < -0.3 is 10.2 Å². The number of nitrogens with zero attached hydrogens (tertiary/aromatic N) is 2. The first-order chi connectivity index (χ1) is 14.4. The zero-order chi connectivity index (χ0) is 23.3. The minimum absolute atomic E-state index is 0.0896. The number of sulfonamides is 1. The van der Waals surface area contributed by atoms with E-state index in [1.54, 1.807) is 6.07 Å². The summed E-state index contributed by atoms with van der Waals surface area (Å²) in [5.41, 5.74) is 0.273. The van der Waals surface area contributed by atoms with Gasteiger partial charge in [-0.2, -0.15) is 0 Å². The number of anilines is 1. The maximum absolute atomic E-state index is 14.2. The largest absolute Gasteiger partial charge is 0.357 e. The zero-order valence-corrected chi connectivity index (χ0v) is 19.4. The van der Waals surface area contributed by atoms with Crippen LogP contribution in [0.4, 0.5) is 10.1 Å². The fraction of sp³-hybridized carbons (Fsp3) is 0.300. The van der Waals surface area contributed by atoms with Crippen LogP contribution in [0.15, 0.2) is 42.5 Å². The second-order valence-electron chi connectivity index (χ2n) is 6.80. The molecule has 0 bridgehead atoms. The number of likely N-dealkylation sites (N-methyl/N-ethyl adjacent to an activating group) is 1. The van der Waals surface area contributed by atoms with Gasteiger partial charge >= 0.3 is 0 Å². The van der Waals surface area contributed by atoms with Crippen LogP contribution in [0.3, 0.4) is 0 Å². The fourth-order valence-corrected chi connectivity index (χ4v) is 4.25. The van der Waals surface area contributed by atoms with E-state index in [0.717, 1.165) is 15.5 Å². The van der Waals surface area contributed by atoms with Crippen LogP contribution >= 0.6 is 23.2 Å². The molecule has 0 fully saturated rings. The number of hydrogen-bond donors (Lipinski definition) is 1. The van der Waals surface area contributed by atoms with E-state index < -0.39 is 40.2 Å². The van der Waals surface area contributed by atoms with Gasteiger partial charge in [0.1, 0.15) is 18.4 Å². The first-order valence-corrected chi connectivity index (χ1v) is 11.7. The van der Waals surface area contributed by atoms with E-state index in [9.17, 15) is 22.4 Å². The van der Waals surface area contributed by atoms with Crippen LogP contribution in [0.1, 0.15) is 12.5 Å². The molecule has 0 radical (unpaired) electrons. The molecular weight excluding hydrogens is 468 g/mol. The molecule has 0 aromatic heterocycles. The summed E-state index contributed by atoms with van der Waals surface area (Å²) < 4.78 is 39.9. The van der Waals surface area contributed by atoms with E-state index in [1.807, 2.05) is 0 Å². The molecule has 0 aliphatic rings. The van der Waals surface area contributed by atoms with Crippen molar-refractivity contribution in [1.82, 2.24) is 10.2 Å². The average molecular weight is 490 g/mol. The third-order valence-corrected chi connectivity index (χ3v) is 6.10. The Balaban J connectivity index is 2.43. The lowest BCUT2D eigenvalue weighted by atomic mass is 10.1. The van der Waals surface area contributed by atoms with Gasteiger partial charge in [-0.1, -0.05) is 41.4 Å². The van der Waals surface area contributed by atoms with Gasteiger partial charge in [0.25, 0.3) is 0 Å². The van der Waals surface area contributed by atoms with Crippen molar-refractivity contribution in [3.63, 3.8) is 0 Å². The van der Waals surface area contributed by atoms with Crippen LogP contribution in [0.2, 0.25) is 10.0 Å². The molecule has 31 heavy (non-hydrogen) atoms. The summed E-state index contributed by atoms with van der Waals surface area (Å²) in [6.07, 6.45) is 0.929. The first-order valence-electron chi connectivity index (χ1n) is 9.12. The summed E-state index contributed by atoms with van der Waals surface area (Å²) in [6, 6.07) is 8.96. The monoisotopic (exact) mass is 489 g/mol. The number of carbonyl (C=O) groups is 2. The normalized spacial score (nSPS) is 12.2. The highest BCUT2D eigenvalue weighted by molar-refractivity contribution is 7.92. The molecule has 0 aliphatic heterocycles. The Kier molecular flexibility index (Phi) is 8.27. The molecule has 0 spiro atoms. The van der Waals surface area contributed by atoms with Gasteiger partial charge in [0.05, 0.1) is 11.9 Å². The summed E-state index contributed by atoms with van der Waals surface area (Å²) >= 11 is 12.0. The third kappa shape index (κ3) is 6.56. The van der Waals surface area contributed by atoms with Crippen molar-refractivity contribution in [2.75, 3.05) is 24.2 Å². The fourth-order valence-electron chi connectivity index (χ4n) is 2.90. The zero-order valence-electron chi connectivity index (χ0n) is 17.1. The Labute approximate surface area is 190 Å².